The SMILES string of the molecule is CCCN[C@H](CC(N)=O)Cc1ccccc1.Cl. The molecule has 0 aliphatic heterocycles. The van der Waals surface area contributed by atoms with E-state index in [1.165, 1.54) is 5.56 Å². The minimum atomic E-state index is -0.246. The third-order valence-corrected chi connectivity index (χ3v) is 2.46. The van der Waals surface area contributed by atoms with Gasteiger partial charge < -0.3 is 11.1 Å². The van der Waals surface area contributed by atoms with Gasteiger partial charge in [-0.25, -0.2) is 0 Å². The van der Waals surface area contributed by atoms with Gasteiger partial charge in [-0.15, -0.1) is 12.4 Å². The van der Waals surface area contributed by atoms with E-state index in [4.69, 9.17) is 5.73 Å². The first-order valence-electron chi connectivity index (χ1n) is 5.78. The molecule has 0 radical (unpaired) electrons. The summed E-state index contributed by atoms with van der Waals surface area (Å²) in [5.41, 5.74) is 6.47. The number of amides is 1. The molecule has 96 valence electrons. The van der Waals surface area contributed by atoms with Crippen molar-refractivity contribution in [3.05, 3.63) is 35.9 Å². The molecule has 4 heteroatoms. The smallest absolute Gasteiger partial charge is 0.218 e. The van der Waals surface area contributed by atoms with Crippen molar-refractivity contribution >= 4 is 18.3 Å². The molecule has 0 bridgehead atoms. The van der Waals surface area contributed by atoms with Gasteiger partial charge in [0, 0.05) is 12.5 Å². The molecule has 0 spiro atoms. The van der Waals surface area contributed by atoms with Gasteiger partial charge in [0.25, 0.3) is 0 Å². The number of nitrogens with one attached hydrogen (secondary N) is 1. The van der Waals surface area contributed by atoms with E-state index < -0.39 is 0 Å². The van der Waals surface area contributed by atoms with Gasteiger partial charge >= 0.3 is 0 Å². The molecule has 0 aromatic heterocycles. The lowest BCUT2D eigenvalue weighted by molar-refractivity contribution is -0.118. The van der Waals surface area contributed by atoms with Crippen LogP contribution < -0.4 is 11.1 Å². The first kappa shape index (κ1) is 15.9. The van der Waals surface area contributed by atoms with Crippen molar-refractivity contribution < 1.29 is 4.79 Å². The number of carbonyl (C=O) groups is 1. The molecule has 0 saturated carbocycles. The van der Waals surface area contributed by atoms with Crippen LogP contribution in [0.3, 0.4) is 0 Å². The average molecular weight is 257 g/mol. The van der Waals surface area contributed by atoms with E-state index in [9.17, 15) is 4.79 Å². The second-order valence-electron chi connectivity index (χ2n) is 4.01. The molecular weight excluding hydrogens is 236 g/mol. The Kier molecular flexibility index (Phi) is 8.46. The van der Waals surface area contributed by atoms with Gasteiger partial charge in [-0.3, -0.25) is 4.79 Å². The second-order valence-corrected chi connectivity index (χ2v) is 4.01. The van der Waals surface area contributed by atoms with Crippen LogP contribution in [-0.4, -0.2) is 18.5 Å². The van der Waals surface area contributed by atoms with Gasteiger partial charge in [0.15, 0.2) is 0 Å². The summed E-state index contributed by atoms with van der Waals surface area (Å²) in [4.78, 5) is 10.9. The molecule has 0 aliphatic rings. The highest BCUT2D eigenvalue weighted by atomic mass is 35.5. The number of hydrogen-bond acceptors (Lipinski definition) is 2. The van der Waals surface area contributed by atoms with Gasteiger partial charge in [-0.2, -0.15) is 0 Å². The highest BCUT2D eigenvalue weighted by molar-refractivity contribution is 5.85. The van der Waals surface area contributed by atoms with E-state index in [0.29, 0.717) is 6.42 Å². The standard InChI is InChI=1S/C13H20N2O.ClH/c1-2-8-15-12(10-13(14)16)9-11-6-4-3-5-7-11;/h3-7,12,15H,2,8-10H2,1H3,(H2,14,16);1H/t12-;/m0./s1. The fourth-order valence-corrected chi connectivity index (χ4v) is 1.71. The minimum Gasteiger partial charge on any atom is -0.370 e. The first-order chi connectivity index (χ1) is 7.72. The Balaban J connectivity index is 0.00000256. The number of benzene rings is 1. The number of hydrogen-bond donors (Lipinski definition) is 2. The van der Waals surface area contributed by atoms with E-state index in [2.05, 4.69) is 24.4 Å². The summed E-state index contributed by atoms with van der Waals surface area (Å²) in [6, 6.07) is 10.3. The summed E-state index contributed by atoms with van der Waals surface area (Å²) in [6.07, 6.45) is 2.31. The van der Waals surface area contributed by atoms with Gasteiger partial charge in [-0.05, 0) is 24.9 Å². The predicted molar refractivity (Wildman–Crippen MR) is 73.3 cm³/mol. The van der Waals surface area contributed by atoms with Crippen molar-refractivity contribution in [2.75, 3.05) is 6.54 Å². The molecule has 0 heterocycles. The van der Waals surface area contributed by atoms with Crippen LogP contribution in [0.1, 0.15) is 25.3 Å². The molecule has 0 fully saturated rings. The molecule has 0 saturated heterocycles. The van der Waals surface area contributed by atoms with Crippen molar-refractivity contribution in [1.82, 2.24) is 5.32 Å². The van der Waals surface area contributed by atoms with E-state index >= 15 is 0 Å². The molecule has 1 rings (SSSR count). The monoisotopic (exact) mass is 256 g/mol. The Morgan fingerprint density at radius 1 is 1.35 bits per heavy atom. The third kappa shape index (κ3) is 6.97. The zero-order valence-electron chi connectivity index (χ0n) is 10.2. The maximum atomic E-state index is 10.9. The van der Waals surface area contributed by atoms with Crippen LogP contribution >= 0.6 is 12.4 Å². The Morgan fingerprint density at radius 3 is 2.53 bits per heavy atom. The average Bonchev–Trinajstić information content (AvgIpc) is 2.26. The van der Waals surface area contributed by atoms with Gasteiger partial charge in [0.05, 0.1) is 0 Å². The van der Waals surface area contributed by atoms with E-state index in [-0.39, 0.29) is 24.4 Å². The Morgan fingerprint density at radius 2 is 2.00 bits per heavy atom. The van der Waals surface area contributed by atoms with Crippen LogP contribution in [-0.2, 0) is 11.2 Å². The molecule has 1 atom stereocenters. The van der Waals surface area contributed by atoms with Gasteiger partial charge in [0.2, 0.25) is 5.91 Å². The fourth-order valence-electron chi connectivity index (χ4n) is 1.71. The maximum absolute atomic E-state index is 10.9. The van der Waals surface area contributed by atoms with Crippen LogP contribution in [0.15, 0.2) is 30.3 Å². The Labute approximate surface area is 109 Å². The summed E-state index contributed by atoms with van der Waals surface area (Å²) in [5.74, 6) is -0.246. The van der Waals surface area contributed by atoms with Crippen molar-refractivity contribution in [1.29, 1.82) is 0 Å². The van der Waals surface area contributed by atoms with Crippen molar-refractivity contribution in [2.24, 2.45) is 5.73 Å². The number of nitrogens with two attached hydrogens (primary N) is 1. The molecule has 3 N–H and O–H groups in total. The van der Waals surface area contributed by atoms with Crippen LogP contribution in [0.2, 0.25) is 0 Å². The summed E-state index contributed by atoms with van der Waals surface area (Å²) in [6.45, 7) is 3.03. The quantitative estimate of drug-likeness (QED) is 0.783. The van der Waals surface area contributed by atoms with Crippen LogP contribution in [0.25, 0.3) is 0 Å². The molecule has 1 aromatic carbocycles. The number of primary amides is 1. The molecular formula is C13H21ClN2O. The molecule has 1 amide bonds. The summed E-state index contributed by atoms with van der Waals surface area (Å²) >= 11 is 0. The minimum absolute atomic E-state index is 0. The largest absolute Gasteiger partial charge is 0.370 e. The zero-order valence-corrected chi connectivity index (χ0v) is 11.0. The normalized spacial score (nSPS) is 11.6. The van der Waals surface area contributed by atoms with E-state index in [1.807, 2.05) is 18.2 Å². The maximum Gasteiger partial charge on any atom is 0.218 e. The van der Waals surface area contributed by atoms with Crippen molar-refractivity contribution in [2.45, 2.75) is 32.2 Å². The van der Waals surface area contributed by atoms with Crippen LogP contribution in [0, 0.1) is 0 Å². The molecule has 1 aromatic rings. The highest BCUT2D eigenvalue weighted by Gasteiger charge is 2.11. The van der Waals surface area contributed by atoms with Gasteiger partial charge in [-0.1, -0.05) is 37.3 Å². The second kappa shape index (κ2) is 9.02. The fraction of sp³-hybridized carbons (Fsp3) is 0.462. The van der Waals surface area contributed by atoms with Crippen LogP contribution in [0.5, 0.6) is 0 Å². The predicted octanol–water partition coefficient (Wildman–Crippen LogP) is 1.89. The first-order valence-corrected chi connectivity index (χ1v) is 5.78. The third-order valence-electron chi connectivity index (χ3n) is 2.46. The molecule has 0 unspecified atom stereocenters. The van der Waals surface area contributed by atoms with Crippen molar-refractivity contribution in [3.63, 3.8) is 0 Å². The lowest BCUT2D eigenvalue weighted by Gasteiger charge is -2.16. The molecule has 0 aliphatic carbocycles. The summed E-state index contributed by atoms with van der Waals surface area (Å²) in [5, 5.41) is 3.35. The molecule has 3 nitrogen and oxygen atoms in total. The Hall–Kier alpha value is -1.06. The lowest BCUT2D eigenvalue weighted by atomic mass is 10.0. The number of halogens is 1. The Bertz CT molecular complexity index is 316. The van der Waals surface area contributed by atoms with Gasteiger partial charge in [0.1, 0.15) is 0 Å². The number of rotatable bonds is 7. The number of carbonyl (C=O) groups excluding carboxylic acids is 1. The van der Waals surface area contributed by atoms with Crippen LogP contribution in [0.4, 0.5) is 0 Å². The summed E-state index contributed by atoms with van der Waals surface area (Å²) in [7, 11) is 0. The van der Waals surface area contributed by atoms with E-state index in [1.54, 1.807) is 0 Å². The van der Waals surface area contributed by atoms with E-state index in [0.717, 1.165) is 19.4 Å². The highest BCUT2D eigenvalue weighted by Crippen LogP contribution is 2.05. The molecule has 17 heavy (non-hydrogen) atoms. The lowest BCUT2D eigenvalue weighted by Crippen LogP contribution is -2.35. The zero-order chi connectivity index (χ0) is 11.8. The van der Waals surface area contributed by atoms with Crippen molar-refractivity contribution in [3.8, 4) is 0 Å². The topological polar surface area (TPSA) is 55.1 Å². The summed E-state index contributed by atoms with van der Waals surface area (Å²) < 4.78 is 0.